The van der Waals surface area contributed by atoms with Gasteiger partial charge in [-0.2, -0.15) is 5.26 Å². The van der Waals surface area contributed by atoms with Gasteiger partial charge in [0.25, 0.3) is 5.56 Å². The minimum absolute atomic E-state index is 0.0466. The molecule has 1 aliphatic rings. The van der Waals surface area contributed by atoms with E-state index in [0.717, 1.165) is 46.4 Å². The average molecular weight is 426 g/mol. The first kappa shape index (κ1) is 19.7. The molecule has 0 spiro atoms. The molecule has 0 bridgehead atoms. The minimum atomic E-state index is 0.0466. The van der Waals surface area contributed by atoms with Crippen molar-refractivity contribution in [3.63, 3.8) is 0 Å². The zero-order valence-corrected chi connectivity index (χ0v) is 18.3. The van der Waals surface area contributed by atoms with Gasteiger partial charge in [-0.1, -0.05) is 49.4 Å². The standard InChI is InChI=1S/C26H23N3OS/c1-17-10-11-21-22(12-17)31-25-24(21)26(30)29(16-20-9-5-8-19(13-20)15-27)23(28-25)14-18-6-3-2-4-7-18/h2-9,13,17H,10-12,14,16H2,1H3. The molecule has 2 heterocycles. The van der Waals surface area contributed by atoms with E-state index < -0.39 is 0 Å². The van der Waals surface area contributed by atoms with Crippen molar-refractivity contribution in [2.24, 2.45) is 5.92 Å². The second-order valence-corrected chi connectivity index (χ2v) is 9.51. The summed E-state index contributed by atoms with van der Waals surface area (Å²) >= 11 is 1.70. The van der Waals surface area contributed by atoms with E-state index in [-0.39, 0.29) is 5.56 Å². The molecule has 0 amide bonds. The van der Waals surface area contributed by atoms with Crippen LogP contribution in [0.2, 0.25) is 0 Å². The number of thiophene rings is 1. The zero-order valence-electron chi connectivity index (χ0n) is 17.5. The molecule has 1 unspecified atom stereocenters. The smallest absolute Gasteiger partial charge is 0.262 e. The lowest BCUT2D eigenvalue weighted by molar-refractivity contribution is 0.509. The topological polar surface area (TPSA) is 58.7 Å². The normalized spacial score (nSPS) is 15.5. The van der Waals surface area contributed by atoms with Crippen LogP contribution in [0.15, 0.2) is 59.4 Å². The lowest BCUT2D eigenvalue weighted by atomic mass is 9.89. The van der Waals surface area contributed by atoms with Gasteiger partial charge in [0.1, 0.15) is 10.7 Å². The zero-order chi connectivity index (χ0) is 21.4. The molecule has 5 rings (SSSR count). The van der Waals surface area contributed by atoms with Gasteiger partial charge in [-0.25, -0.2) is 4.98 Å². The Labute approximate surface area is 185 Å². The van der Waals surface area contributed by atoms with E-state index in [4.69, 9.17) is 4.98 Å². The SMILES string of the molecule is CC1CCc2c(sc3nc(Cc4ccccc4)n(Cc4cccc(C#N)c4)c(=O)c23)C1. The summed E-state index contributed by atoms with van der Waals surface area (Å²) in [6.45, 7) is 2.70. The molecule has 1 aliphatic carbocycles. The van der Waals surface area contributed by atoms with Crippen molar-refractivity contribution in [2.75, 3.05) is 0 Å². The number of benzene rings is 2. The summed E-state index contributed by atoms with van der Waals surface area (Å²) < 4.78 is 1.82. The quantitative estimate of drug-likeness (QED) is 0.457. The Morgan fingerprint density at radius 1 is 1.16 bits per heavy atom. The maximum absolute atomic E-state index is 13.8. The third kappa shape index (κ3) is 3.80. The third-order valence-corrected chi connectivity index (χ3v) is 7.24. The van der Waals surface area contributed by atoms with Crippen LogP contribution < -0.4 is 5.56 Å². The highest BCUT2D eigenvalue weighted by atomic mass is 32.1. The van der Waals surface area contributed by atoms with Gasteiger partial charge in [0.15, 0.2) is 0 Å². The summed E-state index contributed by atoms with van der Waals surface area (Å²) in [4.78, 5) is 21.0. The largest absolute Gasteiger partial charge is 0.291 e. The molecule has 0 N–H and O–H groups in total. The molecular weight excluding hydrogens is 402 g/mol. The van der Waals surface area contributed by atoms with Gasteiger partial charge in [-0.05, 0) is 54.0 Å². The number of aromatic nitrogens is 2. The van der Waals surface area contributed by atoms with Crippen molar-refractivity contribution in [1.82, 2.24) is 9.55 Å². The highest BCUT2D eigenvalue weighted by Crippen LogP contribution is 2.36. The van der Waals surface area contributed by atoms with E-state index >= 15 is 0 Å². The van der Waals surface area contributed by atoms with Crippen LogP contribution in [0.3, 0.4) is 0 Å². The number of hydrogen-bond donors (Lipinski definition) is 0. The Kier molecular flexibility index (Phi) is 5.17. The van der Waals surface area contributed by atoms with Crippen LogP contribution in [0, 0.1) is 17.2 Å². The molecule has 2 aromatic heterocycles. The van der Waals surface area contributed by atoms with Gasteiger partial charge in [0.2, 0.25) is 0 Å². The number of hydrogen-bond acceptors (Lipinski definition) is 4. The summed E-state index contributed by atoms with van der Waals surface area (Å²) in [5.41, 5.74) is 3.93. The molecule has 1 atom stereocenters. The van der Waals surface area contributed by atoms with E-state index in [1.165, 1.54) is 10.4 Å². The lowest BCUT2D eigenvalue weighted by Gasteiger charge is -2.18. The van der Waals surface area contributed by atoms with Crippen molar-refractivity contribution < 1.29 is 0 Å². The molecule has 0 aliphatic heterocycles. The molecule has 5 heteroatoms. The Morgan fingerprint density at radius 2 is 1.97 bits per heavy atom. The van der Waals surface area contributed by atoms with Gasteiger partial charge in [-0.15, -0.1) is 11.3 Å². The summed E-state index contributed by atoms with van der Waals surface area (Å²) in [5.74, 6) is 1.43. The highest BCUT2D eigenvalue weighted by Gasteiger charge is 2.24. The van der Waals surface area contributed by atoms with E-state index in [1.807, 2.05) is 41.0 Å². The average Bonchev–Trinajstić information content (AvgIpc) is 3.14. The summed E-state index contributed by atoms with van der Waals surface area (Å²) in [6, 6.07) is 19.8. The number of aryl methyl sites for hydroxylation is 1. The molecule has 0 saturated carbocycles. The number of nitrogens with zero attached hydrogens (tertiary/aromatic N) is 3. The van der Waals surface area contributed by atoms with Crippen molar-refractivity contribution in [1.29, 1.82) is 5.26 Å². The molecular formula is C26H23N3OS. The third-order valence-electron chi connectivity index (χ3n) is 6.10. The predicted molar refractivity (Wildman–Crippen MR) is 125 cm³/mol. The fourth-order valence-electron chi connectivity index (χ4n) is 4.46. The molecule has 0 radical (unpaired) electrons. The molecule has 4 aromatic rings. The van der Waals surface area contributed by atoms with Crippen LogP contribution in [0.5, 0.6) is 0 Å². The fraction of sp³-hybridized carbons (Fsp3) is 0.269. The first-order chi connectivity index (χ1) is 15.1. The fourth-order valence-corrected chi connectivity index (χ4v) is 5.86. The Morgan fingerprint density at radius 3 is 2.77 bits per heavy atom. The lowest BCUT2D eigenvalue weighted by Crippen LogP contribution is -2.26. The van der Waals surface area contributed by atoms with Crippen molar-refractivity contribution in [3.05, 3.63) is 97.9 Å². The monoisotopic (exact) mass is 425 g/mol. The first-order valence-corrected chi connectivity index (χ1v) is 11.5. The van der Waals surface area contributed by atoms with Crippen LogP contribution in [0.25, 0.3) is 10.2 Å². The molecule has 0 saturated heterocycles. The van der Waals surface area contributed by atoms with E-state index in [9.17, 15) is 10.1 Å². The molecule has 2 aromatic carbocycles. The van der Waals surface area contributed by atoms with Crippen molar-refractivity contribution >= 4 is 21.6 Å². The number of nitriles is 1. The van der Waals surface area contributed by atoms with Crippen LogP contribution in [0.1, 0.15) is 46.3 Å². The minimum Gasteiger partial charge on any atom is -0.291 e. The predicted octanol–water partition coefficient (Wildman–Crippen LogP) is 5.09. The van der Waals surface area contributed by atoms with E-state index in [0.29, 0.717) is 24.4 Å². The van der Waals surface area contributed by atoms with E-state index in [1.54, 1.807) is 17.4 Å². The number of rotatable bonds is 4. The van der Waals surface area contributed by atoms with Crippen LogP contribution in [0.4, 0.5) is 0 Å². The summed E-state index contributed by atoms with van der Waals surface area (Å²) in [5, 5.41) is 10.1. The van der Waals surface area contributed by atoms with Gasteiger partial charge >= 0.3 is 0 Å². The van der Waals surface area contributed by atoms with Gasteiger partial charge < -0.3 is 0 Å². The Hall–Kier alpha value is -3.23. The van der Waals surface area contributed by atoms with Crippen molar-refractivity contribution in [2.45, 2.75) is 39.2 Å². The molecule has 154 valence electrons. The van der Waals surface area contributed by atoms with Crippen LogP contribution in [-0.2, 0) is 25.8 Å². The van der Waals surface area contributed by atoms with Gasteiger partial charge in [0.05, 0.1) is 23.6 Å². The molecule has 4 nitrogen and oxygen atoms in total. The van der Waals surface area contributed by atoms with Gasteiger partial charge in [-0.3, -0.25) is 9.36 Å². The summed E-state index contributed by atoms with van der Waals surface area (Å²) in [7, 11) is 0. The second kappa shape index (κ2) is 8.13. The summed E-state index contributed by atoms with van der Waals surface area (Å²) in [6.07, 6.45) is 3.71. The molecule has 31 heavy (non-hydrogen) atoms. The maximum atomic E-state index is 13.8. The molecule has 0 fully saturated rings. The van der Waals surface area contributed by atoms with Crippen LogP contribution in [-0.4, -0.2) is 9.55 Å². The van der Waals surface area contributed by atoms with Gasteiger partial charge in [0, 0.05) is 11.3 Å². The Balaban J connectivity index is 1.68. The van der Waals surface area contributed by atoms with Crippen LogP contribution >= 0.6 is 11.3 Å². The van der Waals surface area contributed by atoms with Crippen molar-refractivity contribution in [3.8, 4) is 6.07 Å². The van der Waals surface area contributed by atoms with E-state index in [2.05, 4.69) is 25.1 Å². The first-order valence-electron chi connectivity index (χ1n) is 10.7. The second-order valence-electron chi connectivity index (χ2n) is 8.43. The number of fused-ring (bicyclic) bond motifs is 3. The highest BCUT2D eigenvalue weighted by molar-refractivity contribution is 7.18. The Bertz CT molecular complexity index is 1360. The maximum Gasteiger partial charge on any atom is 0.262 e.